The monoisotopic (exact) mass is 356 g/mol. The summed E-state index contributed by atoms with van der Waals surface area (Å²) in [4.78, 5) is 27.7. The minimum absolute atomic E-state index is 0.0136. The van der Waals surface area contributed by atoms with Crippen LogP contribution in [0.1, 0.15) is 13.3 Å². The highest BCUT2D eigenvalue weighted by atomic mass is 16.2. The molecule has 1 saturated heterocycles. The van der Waals surface area contributed by atoms with E-state index in [-0.39, 0.29) is 35.5 Å². The van der Waals surface area contributed by atoms with E-state index in [0.717, 1.165) is 23.9 Å². The SMILES string of the molecule is CCn1c2ccccc2c2ccc(N3C(=O)C4C5C=CC(C5)C4C3=O)cc21. The number of allylic oxidation sites excluding steroid dienone is 2. The third-order valence-corrected chi connectivity index (χ3v) is 6.80. The Bertz CT molecular complexity index is 1140. The van der Waals surface area contributed by atoms with Gasteiger partial charge < -0.3 is 4.57 Å². The van der Waals surface area contributed by atoms with Crippen molar-refractivity contribution in [2.24, 2.45) is 23.7 Å². The van der Waals surface area contributed by atoms with Gasteiger partial charge in [0, 0.05) is 22.8 Å². The molecule has 2 heterocycles. The van der Waals surface area contributed by atoms with E-state index in [1.54, 1.807) is 0 Å². The van der Waals surface area contributed by atoms with Crippen LogP contribution in [0, 0.1) is 23.7 Å². The Morgan fingerprint density at radius 2 is 1.56 bits per heavy atom. The largest absolute Gasteiger partial charge is 0.341 e. The van der Waals surface area contributed by atoms with Crippen molar-refractivity contribution in [3.05, 3.63) is 54.6 Å². The zero-order valence-corrected chi connectivity index (χ0v) is 15.1. The average Bonchev–Trinajstić information content (AvgIpc) is 3.42. The summed E-state index contributed by atoms with van der Waals surface area (Å²) in [6, 6.07) is 14.4. The first-order chi connectivity index (χ1) is 13.2. The number of para-hydroxylation sites is 1. The predicted molar refractivity (Wildman–Crippen MR) is 105 cm³/mol. The molecule has 1 aromatic heterocycles. The Kier molecular flexibility index (Phi) is 2.87. The van der Waals surface area contributed by atoms with E-state index >= 15 is 0 Å². The molecule has 0 radical (unpaired) electrons. The van der Waals surface area contributed by atoms with Crippen LogP contribution >= 0.6 is 0 Å². The molecule has 3 aliphatic rings. The highest BCUT2D eigenvalue weighted by molar-refractivity contribution is 6.23. The molecule has 4 unspecified atom stereocenters. The third kappa shape index (κ3) is 1.78. The van der Waals surface area contributed by atoms with Gasteiger partial charge in [0.25, 0.3) is 0 Å². The molecule has 2 aliphatic carbocycles. The van der Waals surface area contributed by atoms with Gasteiger partial charge >= 0.3 is 0 Å². The smallest absolute Gasteiger partial charge is 0.238 e. The van der Waals surface area contributed by atoms with Crippen LogP contribution in [0.3, 0.4) is 0 Å². The van der Waals surface area contributed by atoms with Gasteiger partial charge in [-0.05, 0) is 43.4 Å². The molecule has 1 saturated carbocycles. The molecule has 3 aromatic rings. The summed E-state index contributed by atoms with van der Waals surface area (Å²) in [5, 5.41) is 2.37. The van der Waals surface area contributed by atoms with E-state index in [1.807, 2.05) is 24.3 Å². The molecular formula is C23H20N2O2. The maximum atomic E-state index is 13.1. The molecule has 2 fully saturated rings. The second-order valence-corrected chi connectivity index (χ2v) is 7.97. The highest BCUT2D eigenvalue weighted by Gasteiger charge is 2.59. The van der Waals surface area contributed by atoms with E-state index in [9.17, 15) is 9.59 Å². The quantitative estimate of drug-likeness (QED) is 0.512. The first-order valence-electron chi connectivity index (χ1n) is 9.76. The van der Waals surface area contributed by atoms with Gasteiger partial charge in [-0.1, -0.05) is 36.4 Å². The zero-order valence-electron chi connectivity index (χ0n) is 15.1. The first-order valence-corrected chi connectivity index (χ1v) is 9.76. The van der Waals surface area contributed by atoms with Gasteiger partial charge in [0.15, 0.2) is 0 Å². The van der Waals surface area contributed by atoms with Crippen LogP contribution in [-0.2, 0) is 16.1 Å². The number of hydrogen-bond donors (Lipinski definition) is 0. The van der Waals surface area contributed by atoms with Crippen molar-refractivity contribution in [3.8, 4) is 0 Å². The zero-order chi connectivity index (χ0) is 18.3. The van der Waals surface area contributed by atoms with Crippen LogP contribution in [0.25, 0.3) is 21.8 Å². The summed E-state index contributed by atoms with van der Waals surface area (Å²) in [6.07, 6.45) is 5.24. The van der Waals surface area contributed by atoms with Crippen LogP contribution in [0.4, 0.5) is 5.69 Å². The number of imide groups is 1. The van der Waals surface area contributed by atoms with Crippen LogP contribution in [0.15, 0.2) is 54.6 Å². The fourth-order valence-electron chi connectivity index (χ4n) is 5.67. The molecule has 4 heteroatoms. The number of aryl methyl sites for hydroxylation is 1. The molecule has 4 nitrogen and oxygen atoms in total. The number of amides is 2. The van der Waals surface area contributed by atoms with Gasteiger partial charge in [0.2, 0.25) is 11.8 Å². The molecular weight excluding hydrogens is 336 g/mol. The lowest BCUT2D eigenvalue weighted by atomic mass is 9.85. The van der Waals surface area contributed by atoms with E-state index in [2.05, 4.69) is 41.8 Å². The van der Waals surface area contributed by atoms with Crippen molar-refractivity contribution in [3.63, 3.8) is 0 Å². The molecule has 0 spiro atoms. The Morgan fingerprint density at radius 3 is 2.26 bits per heavy atom. The number of carbonyl (C=O) groups is 2. The van der Waals surface area contributed by atoms with Crippen molar-refractivity contribution < 1.29 is 9.59 Å². The third-order valence-electron chi connectivity index (χ3n) is 6.80. The fraction of sp³-hybridized carbons (Fsp3) is 0.304. The van der Waals surface area contributed by atoms with Crippen molar-refractivity contribution in [2.75, 3.05) is 4.90 Å². The van der Waals surface area contributed by atoms with Gasteiger partial charge in [0.1, 0.15) is 0 Å². The van der Waals surface area contributed by atoms with E-state index < -0.39 is 0 Å². The summed E-state index contributed by atoms with van der Waals surface area (Å²) in [5.41, 5.74) is 2.98. The minimum atomic E-state index is -0.153. The lowest BCUT2D eigenvalue weighted by molar-refractivity contribution is -0.123. The Morgan fingerprint density at radius 1 is 0.889 bits per heavy atom. The maximum absolute atomic E-state index is 13.1. The molecule has 2 amide bonds. The van der Waals surface area contributed by atoms with Crippen molar-refractivity contribution >= 4 is 39.3 Å². The van der Waals surface area contributed by atoms with Crippen molar-refractivity contribution in [1.82, 2.24) is 4.57 Å². The number of aromatic nitrogens is 1. The summed E-state index contributed by atoms with van der Waals surface area (Å²) < 4.78 is 2.26. The van der Waals surface area contributed by atoms with Crippen LogP contribution in [0.5, 0.6) is 0 Å². The molecule has 4 atom stereocenters. The highest BCUT2D eigenvalue weighted by Crippen LogP contribution is 2.53. The first kappa shape index (κ1) is 15.2. The Labute approximate surface area is 157 Å². The molecule has 6 rings (SSSR count). The molecule has 2 bridgehead atoms. The van der Waals surface area contributed by atoms with Gasteiger partial charge in [-0.3, -0.25) is 9.59 Å². The summed E-state index contributed by atoms with van der Waals surface area (Å²) in [5.74, 6) is 0.153. The van der Waals surface area contributed by atoms with E-state index in [4.69, 9.17) is 0 Å². The normalized spacial score (nSPS) is 28.9. The standard InChI is InChI=1S/C23H20N2O2/c1-2-24-18-6-4-3-5-16(18)17-10-9-15(12-19(17)24)25-22(26)20-13-7-8-14(11-13)21(20)23(25)27/h3-10,12-14,20-21H,2,11H2,1H3. The summed E-state index contributed by atoms with van der Waals surface area (Å²) in [6.45, 7) is 2.97. The number of hydrogen-bond acceptors (Lipinski definition) is 2. The fourth-order valence-corrected chi connectivity index (χ4v) is 5.67. The van der Waals surface area contributed by atoms with Gasteiger partial charge in [-0.15, -0.1) is 0 Å². The number of anilines is 1. The molecule has 2 aromatic carbocycles. The van der Waals surface area contributed by atoms with Crippen molar-refractivity contribution in [1.29, 1.82) is 0 Å². The minimum Gasteiger partial charge on any atom is -0.341 e. The second-order valence-electron chi connectivity index (χ2n) is 7.97. The van der Waals surface area contributed by atoms with E-state index in [0.29, 0.717) is 5.69 Å². The number of fused-ring (bicyclic) bond motifs is 8. The summed E-state index contributed by atoms with van der Waals surface area (Å²) >= 11 is 0. The van der Waals surface area contributed by atoms with E-state index in [1.165, 1.54) is 15.8 Å². The molecule has 0 N–H and O–H groups in total. The van der Waals surface area contributed by atoms with Crippen molar-refractivity contribution in [2.45, 2.75) is 19.9 Å². The number of rotatable bonds is 2. The van der Waals surface area contributed by atoms with Crippen LogP contribution in [-0.4, -0.2) is 16.4 Å². The summed E-state index contributed by atoms with van der Waals surface area (Å²) in [7, 11) is 0. The Balaban J connectivity index is 1.52. The molecule has 27 heavy (non-hydrogen) atoms. The van der Waals surface area contributed by atoms with Gasteiger partial charge in [0.05, 0.1) is 23.0 Å². The number of carbonyl (C=O) groups excluding carboxylic acids is 2. The second kappa shape index (κ2) is 5.10. The topological polar surface area (TPSA) is 42.3 Å². The number of nitrogens with zero attached hydrogens (tertiary/aromatic N) is 2. The molecule has 1 aliphatic heterocycles. The predicted octanol–water partition coefficient (Wildman–Crippen LogP) is 4.13. The van der Waals surface area contributed by atoms with Crippen LogP contribution in [0.2, 0.25) is 0 Å². The molecule has 134 valence electrons. The van der Waals surface area contributed by atoms with Gasteiger partial charge in [-0.2, -0.15) is 0 Å². The van der Waals surface area contributed by atoms with Crippen LogP contribution < -0.4 is 4.90 Å². The Hall–Kier alpha value is -2.88. The number of benzene rings is 2. The lowest BCUT2D eigenvalue weighted by Crippen LogP contribution is -2.32. The maximum Gasteiger partial charge on any atom is 0.238 e. The average molecular weight is 356 g/mol. The van der Waals surface area contributed by atoms with Gasteiger partial charge in [-0.25, -0.2) is 4.90 Å². The lowest BCUT2D eigenvalue weighted by Gasteiger charge is -2.17.